The van der Waals surface area contributed by atoms with Crippen LogP contribution in [0.1, 0.15) is 114 Å². The second-order valence-electron chi connectivity index (χ2n) is 16.6. The zero-order valence-corrected chi connectivity index (χ0v) is 34.7. The summed E-state index contributed by atoms with van der Waals surface area (Å²) in [6.07, 6.45) is 8.41. The quantitative estimate of drug-likeness (QED) is 0.104. The monoisotopic (exact) mass is 821 g/mol. The fourth-order valence-electron chi connectivity index (χ4n) is 7.77. The van der Waals surface area contributed by atoms with Gasteiger partial charge in [0.25, 0.3) is 11.5 Å². The largest absolute Gasteiger partial charge is 0.486 e. The number of halogens is 3. The van der Waals surface area contributed by atoms with Gasteiger partial charge in [-0.3, -0.25) is 4.79 Å². The van der Waals surface area contributed by atoms with E-state index in [1.165, 1.54) is 23.4 Å². The molecule has 320 valence electrons. The zero-order valence-electron chi connectivity index (χ0n) is 34.7. The van der Waals surface area contributed by atoms with Crippen LogP contribution in [-0.4, -0.2) is 70.6 Å². The normalized spacial score (nSPS) is 16.3. The Hall–Kier alpha value is -4.69. The van der Waals surface area contributed by atoms with Gasteiger partial charge in [0.1, 0.15) is 29.1 Å². The van der Waals surface area contributed by atoms with Crippen LogP contribution in [0.4, 0.5) is 23.8 Å². The van der Waals surface area contributed by atoms with E-state index < -0.39 is 41.0 Å². The first-order chi connectivity index (χ1) is 28.3. The molecule has 1 N–H and O–H groups in total. The van der Waals surface area contributed by atoms with E-state index in [4.69, 9.17) is 18.9 Å². The summed E-state index contributed by atoms with van der Waals surface area (Å²) in [5, 5.41) is 3.72. The second kappa shape index (κ2) is 20.0. The van der Waals surface area contributed by atoms with E-state index in [1.54, 1.807) is 38.5 Å². The molecular formula is C45H58F3N5O6. The lowest BCUT2D eigenvalue weighted by molar-refractivity contribution is -0.0885. The van der Waals surface area contributed by atoms with Crippen LogP contribution in [0, 0.1) is 11.7 Å². The molecule has 0 unspecified atom stereocenters. The highest BCUT2D eigenvalue weighted by atomic mass is 19.3. The van der Waals surface area contributed by atoms with Gasteiger partial charge in [0.15, 0.2) is 0 Å². The molecule has 2 aliphatic heterocycles. The predicted octanol–water partition coefficient (Wildman–Crippen LogP) is 9.74. The van der Waals surface area contributed by atoms with Crippen LogP contribution in [-0.2, 0) is 26.7 Å². The van der Waals surface area contributed by atoms with Crippen LogP contribution in [0.25, 0.3) is 10.9 Å². The van der Waals surface area contributed by atoms with E-state index in [0.29, 0.717) is 62.6 Å². The third-order valence-corrected chi connectivity index (χ3v) is 11.0. The van der Waals surface area contributed by atoms with Crippen LogP contribution in [0.3, 0.4) is 0 Å². The van der Waals surface area contributed by atoms with Crippen LogP contribution < -0.4 is 15.6 Å². The Labute approximate surface area is 344 Å². The summed E-state index contributed by atoms with van der Waals surface area (Å²) in [6.45, 7) is 9.75. The summed E-state index contributed by atoms with van der Waals surface area (Å²) in [7, 11) is 0. The molecule has 2 aliphatic rings. The van der Waals surface area contributed by atoms with E-state index >= 15 is 13.2 Å². The molecule has 1 amide bonds. The number of ether oxygens (including phenoxy) is 4. The van der Waals surface area contributed by atoms with Crippen molar-refractivity contribution in [3.8, 4) is 5.75 Å². The first-order valence-corrected chi connectivity index (χ1v) is 21.0. The van der Waals surface area contributed by atoms with Gasteiger partial charge in [0.2, 0.25) is 5.75 Å². The second-order valence-corrected chi connectivity index (χ2v) is 16.6. The SMILES string of the molecule is C[C@@H](Nc1ncnc2c(OCCCCCCCOCc3ccccc3)c(=O)n(C3CCOCC3)cc12)c1cccc(C(F)(F)C2CCN(C(=O)OC(C)(C)C)CC2)c1F. The maximum absolute atomic E-state index is 16.3. The number of hydrogen-bond acceptors (Lipinski definition) is 9. The number of nitrogens with zero attached hydrogens (tertiary/aromatic N) is 4. The molecule has 2 aromatic heterocycles. The lowest BCUT2D eigenvalue weighted by Gasteiger charge is -2.37. The average molecular weight is 822 g/mol. The van der Waals surface area contributed by atoms with Crippen LogP contribution in [0.2, 0.25) is 0 Å². The molecule has 0 spiro atoms. The number of amides is 1. The summed E-state index contributed by atoms with van der Waals surface area (Å²) in [4.78, 5) is 36.9. The maximum atomic E-state index is 16.3. The van der Waals surface area contributed by atoms with Crippen molar-refractivity contribution < 1.29 is 36.9 Å². The van der Waals surface area contributed by atoms with Gasteiger partial charge in [0.05, 0.1) is 30.2 Å². The Balaban J connectivity index is 1.13. The fourth-order valence-corrected chi connectivity index (χ4v) is 7.77. The maximum Gasteiger partial charge on any atom is 0.410 e. The molecule has 1 atom stereocenters. The van der Waals surface area contributed by atoms with Gasteiger partial charge < -0.3 is 33.7 Å². The molecule has 59 heavy (non-hydrogen) atoms. The Kier molecular flexibility index (Phi) is 14.9. The molecule has 6 rings (SSSR count). The number of carbonyl (C=O) groups excluding carboxylic acids is 1. The van der Waals surface area contributed by atoms with Gasteiger partial charge in [0, 0.05) is 56.6 Å². The van der Waals surface area contributed by atoms with E-state index in [2.05, 4.69) is 27.4 Å². The van der Waals surface area contributed by atoms with Crippen molar-refractivity contribution in [2.24, 2.45) is 5.92 Å². The van der Waals surface area contributed by atoms with Crippen molar-refractivity contribution in [1.29, 1.82) is 0 Å². The van der Waals surface area contributed by atoms with Crippen molar-refractivity contribution >= 4 is 22.8 Å². The lowest BCUT2D eigenvalue weighted by Crippen LogP contribution is -2.44. The molecule has 0 aliphatic carbocycles. The van der Waals surface area contributed by atoms with Gasteiger partial charge in [-0.1, -0.05) is 67.8 Å². The number of unbranched alkanes of at least 4 members (excludes halogenated alkanes) is 4. The minimum absolute atomic E-state index is 0.000860. The number of nitrogens with one attached hydrogen (secondary N) is 1. The first kappa shape index (κ1) is 43.9. The third kappa shape index (κ3) is 11.3. The van der Waals surface area contributed by atoms with Crippen LogP contribution >= 0.6 is 0 Å². The van der Waals surface area contributed by atoms with E-state index in [1.807, 2.05) is 18.2 Å². The number of benzene rings is 2. The highest BCUT2D eigenvalue weighted by Crippen LogP contribution is 2.44. The highest BCUT2D eigenvalue weighted by molar-refractivity contribution is 5.92. The number of aromatic nitrogens is 3. The van der Waals surface area contributed by atoms with Crippen LogP contribution in [0.5, 0.6) is 5.75 Å². The third-order valence-electron chi connectivity index (χ3n) is 11.0. The standard InChI is InChI=1S/C45H58F3N5O6/c1-31(35-16-13-17-37(38(35)46)45(47,48)33-18-22-52(23-19-33)43(55)59-44(2,3)4)51-41-36-28-53(34-20-26-56-27-21-34)42(54)40(39(36)49-30-50-41)58-25-12-7-5-6-11-24-57-29-32-14-9-8-10-15-32/h8-10,13-17,28,30-31,33-34H,5-7,11-12,18-27,29H2,1-4H3,(H,49,50,51)/t31-/m1/s1. The number of alkyl halides is 2. The summed E-state index contributed by atoms with van der Waals surface area (Å²) in [5.74, 6) is -5.22. The number of pyridine rings is 1. The van der Waals surface area contributed by atoms with E-state index in [0.717, 1.165) is 43.7 Å². The molecule has 14 heteroatoms. The molecular weight excluding hydrogens is 764 g/mol. The molecule has 11 nitrogen and oxygen atoms in total. The summed E-state index contributed by atoms with van der Waals surface area (Å²) < 4.78 is 73.1. The zero-order chi connectivity index (χ0) is 42.0. The molecule has 0 bridgehead atoms. The number of carbonyl (C=O) groups is 1. The molecule has 4 aromatic rings. The molecule has 2 saturated heterocycles. The van der Waals surface area contributed by atoms with Crippen molar-refractivity contribution in [1.82, 2.24) is 19.4 Å². The number of fused-ring (bicyclic) bond motifs is 1. The molecule has 0 saturated carbocycles. The van der Waals surface area contributed by atoms with Crippen molar-refractivity contribution in [3.05, 3.63) is 93.9 Å². The van der Waals surface area contributed by atoms with Crippen molar-refractivity contribution in [2.45, 2.75) is 116 Å². The van der Waals surface area contributed by atoms with Crippen molar-refractivity contribution in [3.63, 3.8) is 0 Å². The Bertz CT molecular complexity index is 2050. The summed E-state index contributed by atoms with van der Waals surface area (Å²) in [6, 6.07) is 13.2. The number of rotatable bonds is 17. The highest BCUT2D eigenvalue weighted by Gasteiger charge is 2.46. The minimum Gasteiger partial charge on any atom is -0.486 e. The molecule has 2 fully saturated rings. The summed E-state index contributed by atoms with van der Waals surface area (Å²) in [5.41, 5.74) is -0.173. The van der Waals surface area contributed by atoms with Gasteiger partial charge in [-0.2, -0.15) is 0 Å². The number of likely N-dealkylation sites (tertiary alicyclic amines) is 1. The lowest BCUT2D eigenvalue weighted by atomic mass is 9.85. The van der Waals surface area contributed by atoms with Gasteiger partial charge >= 0.3 is 6.09 Å². The molecule has 2 aromatic carbocycles. The smallest absolute Gasteiger partial charge is 0.410 e. The van der Waals surface area contributed by atoms with Gasteiger partial charge in [-0.25, -0.2) is 27.9 Å². The van der Waals surface area contributed by atoms with Crippen molar-refractivity contribution in [2.75, 3.05) is 44.8 Å². The first-order valence-electron chi connectivity index (χ1n) is 21.0. The van der Waals surface area contributed by atoms with E-state index in [9.17, 15) is 9.59 Å². The topological polar surface area (TPSA) is 117 Å². The Morgan fingerprint density at radius 2 is 1.63 bits per heavy atom. The predicted molar refractivity (Wildman–Crippen MR) is 220 cm³/mol. The minimum atomic E-state index is -3.48. The van der Waals surface area contributed by atoms with Gasteiger partial charge in [-0.15, -0.1) is 0 Å². The average Bonchev–Trinajstić information content (AvgIpc) is 3.22. The molecule has 0 radical (unpaired) electrons. The van der Waals surface area contributed by atoms with E-state index in [-0.39, 0.29) is 48.8 Å². The Morgan fingerprint density at radius 3 is 2.34 bits per heavy atom. The fraction of sp³-hybridized carbons (Fsp3) is 0.556. The number of hydrogen-bond donors (Lipinski definition) is 1. The number of anilines is 1. The van der Waals surface area contributed by atoms with Gasteiger partial charge in [-0.05, 0) is 71.8 Å². The molecule has 4 heterocycles. The summed E-state index contributed by atoms with van der Waals surface area (Å²) >= 11 is 0. The Morgan fingerprint density at radius 1 is 0.932 bits per heavy atom. The number of piperidine rings is 1. The van der Waals surface area contributed by atoms with Crippen LogP contribution in [0.15, 0.2) is 65.8 Å².